The largest absolute Gasteiger partial charge is 0.396 e. The number of aliphatic hydroxyl groups excluding tert-OH is 1. The Hall–Kier alpha value is -1.83. The number of benzene rings is 1. The van der Waals surface area contributed by atoms with E-state index in [4.69, 9.17) is 10.8 Å². The molecule has 0 aromatic heterocycles. The Kier molecular flexibility index (Phi) is 4.12. The summed E-state index contributed by atoms with van der Waals surface area (Å²) in [6, 6.07) is 1.09. The van der Waals surface area contributed by atoms with E-state index >= 15 is 0 Å². The Morgan fingerprint density at radius 1 is 1.33 bits per heavy atom. The number of nitrogens with two attached hydrogens (primary N) is 1. The van der Waals surface area contributed by atoms with Crippen LogP contribution in [0.15, 0.2) is 12.1 Å². The third-order valence-corrected chi connectivity index (χ3v) is 2.07. The maximum absolute atomic E-state index is 13.2. The molecule has 0 radical (unpaired) electrons. The zero-order valence-electron chi connectivity index (χ0n) is 9.01. The van der Waals surface area contributed by atoms with Gasteiger partial charge in [-0.3, -0.25) is 4.79 Å². The van der Waals surface area contributed by atoms with Gasteiger partial charge >= 0.3 is 0 Å². The molecule has 0 bridgehead atoms. The lowest BCUT2D eigenvalue weighted by Crippen LogP contribution is -2.39. The number of anilines is 1. The highest BCUT2D eigenvalue weighted by atomic mass is 19.3. The summed E-state index contributed by atoms with van der Waals surface area (Å²) in [5.74, 6) is -6.96. The van der Waals surface area contributed by atoms with Crippen LogP contribution in [0.3, 0.4) is 0 Å². The third kappa shape index (κ3) is 3.33. The van der Waals surface area contributed by atoms with E-state index in [1.165, 1.54) is 0 Å². The van der Waals surface area contributed by atoms with Crippen LogP contribution < -0.4 is 11.1 Å². The predicted molar refractivity (Wildman–Crippen MR) is 55.1 cm³/mol. The van der Waals surface area contributed by atoms with Crippen molar-refractivity contribution in [1.29, 1.82) is 0 Å². The molecule has 0 aliphatic carbocycles. The lowest BCUT2D eigenvalue weighted by Gasteiger charge is -2.14. The zero-order chi connectivity index (χ0) is 13.9. The fraction of sp³-hybridized carbons (Fsp3) is 0.300. The van der Waals surface area contributed by atoms with Gasteiger partial charge in [-0.1, -0.05) is 0 Å². The van der Waals surface area contributed by atoms with Crippen molar-refractivity contribution in [1.82, 2.24) is 5.32 Å². The fourth-order valence-corrected chi connectivity index (χ4v) is 1.10. The summed E-state index contributed by atoms with van der Waals surface area (Å²) in [4.78, 5) is 11.3. The van der Waals surface area contributed by atoms with Crippen molar-refractivity contribution < 1.29 is 27.5 Å². The van der Waals surface area contributed by atoms with Crippen LogP contribution in [0.25, 0.3) is 0 Å². The van der Waals surface area contributed by atoms with Crippen molar-refractivity contribution in [2.45, 2.75) is 5.92 Å². The number of rotatable bonds is 4. The molecule has 1 rings (SSSR count). The van der Waals surface area contributed by atoms with E-state index < -0.39 is 47.9 Å². The van der Waals surface area contributed by atoms with Crippen molar-refractivity contribution in [3.63, 3.8) is 0 Å². The summed E-state index contributed by atoms with van der Waals surface area (Å²) < 4.78 is 51.3. The number of nitrogens with one attached hydrogen (secondary N) is 1. The van der Waals surface area contributed by atoms with E-state index in [-0.39, 0.29) is 0 Å². The molecule has 0 atom stereocenters. The Morgan fingerprint density at radius 2 is 1.94 bits per heavy atom. The first-order chi connectivity index (χ1) is 8.26. The molecule has 8 heteroatoms. The lowest BCUT2D eigenvalue weighted by molar-refractivity contribution is -0.0462. The third-order valence-electron chi connectivity index (χ3n) is 2.07. The van der Waals surface area contributed by atoms with Crippen molar-refractivity contribution in [3.05, 3.63) is 29.3 Å². The SMILES string of the molecule is Nc1cc(C(=O)NCC(F)(F)CO)c(F)cc1F. The van der Waals surface area contributed by atoms with Crippen LogP contribution in [0.1, 0.15) is 10.4 Å². The number of nitrogen functional groups attached to an aromatic ring is 1. The molecular formula is C10H10F4N2O2. The van der Waals surface area contributed by atoms with Crippen LogP contribution in [0.4, 0.5) is 23.2 Å². The second kappa shape index (κ2) is 5.21. The minimum Gasteiger partial charge on any atom is -0.396 e. The molecule has 1 aromatic carbocycles. The highest BCUT2D eigenvalue weighted by Crippen LogP contribution is 2.17. The van der Waals surface area contributed by atoms with Gasteiger partial charge < -0.3 is 16.2 Å². The van der Waals surface area contributed by atoms with Crippen LogP contribution in [0.2, 0.25) is 0 Å². The number of carbonyl (C=O) groups is 1. The minimum atomic E-state index is -3.52. The molecule has 1 aromatic rings. The van der Waals surface area contributed by atoms with Gasteiger partial charge in [0, 0.05) is 6.07 Å². The molecule has 0 spiro atoms. The smallest absolute Gasteiger partial charge is 0.287 e. The summed E-state index contributed by atoms with van der Waals surface area (Å²) in [5.41, 5.74) is 4.00. The van der Waals surface area contributed by atoms with Gasteiger partial charge in [-0.05, 0) is 6.07 Å². The number of hydrogen-bond donors (Lipinski definition) is 3. The van der Waals surface area contributed by atoms with Gasteiger partial charge in [0.05, 0.1) is 17.8 Å². The Morgan fingerprint density at radius 3 is 2.50 bits per heavy atom. The van der Waals surface area contributed by atoms with Crippen molar-refractivity contribution in [2.24, 2.45) is 0 Å². The zero-order valence-corrected chi connectivity index (χ0v) is 9.01. The normalized spacial score (nSPS) is 11.4. The molecular weight excluding hydrogens is 256 g/mol. The molecule has 18 heavy (non-hydrogen) atoms. The van der Waals surface area contributed by atoms with Gasteiger partial charge in [-0.25, -0.2) is 17.6 Å². The van der Waals surface area contributed by atoms with Gasteiger partial charge in [-0.15, -0.1) is 0 Å². The number of halogens is 4. The van der Waals surface area contributed by atoms with Crippen LogP contribution in [0.5, 0.6) is 0 Å². The van der Waals surface area contributed by atoms with Gasteiger partial charge in [0.25, 0.3) is 11.8 Å². The van der Waals surface area contributed by atoms with E-state index in [9.17, 15) is 22.4 Å². The Bertz CT molecular complexity index is 465. The summed E-state index contributed by atoms with van der Waals surface area (Å²) >= 11 is 0. The second-order valence-electron chi connectivity index (χ2n) is 3.55. The van der Waals surface area contributed by atoms with Gasteiger partial charge in [0.1, 0.15) is 18.2 Å². The Balaban J connectivity index is 2.82. The molecule has 4 N–H and O–H groups in total. The van der Waals surface area contributed by atoms with Crippen molar-refractivity contribution in [2.75, 3.05) is 18.9 Å². The summed E-state index contributed by atoms with van der Waals surface area (Å²) in [6.07, 6.45) is 0. The molecule has 0 heterocycles. The van der Waals surface area contributed by atoms with E-state index in [0.29, 0.717) is 12.1 Å². The van der Waals surface area contributed by atoms with E-state index in [0.717, 1.165) is 0 Å². The highest BCUT2D eigenvalue weighted by Gasteiger charge is 2.29. The monoisotopic (exact) mass is 266 g/mol. The van der Waals surface area contributed by atoms with Crippen LogP contribution >= 0.6 is 0 Å². The highest BCUT2D eigenvalue weighted by molar-refractivity contribution is 5.95. The standard InChI is InChI=1S/C10H10F4N2O2/c11-6-2-7(12)8(15)1-5(6)9(18)16-3-10(13,14)4-17/h1-2,17H,3-4,15H2,(H,16,18). The number of hydrogen-bond acceptors (Lipinski definition) is 3. The molecule has 4 nitrogen and oxygen atoms in total. The predicted octanol–water partition coefficient (Wildman–Crippen LogP) is 0.904. The van der Waals surface area contributed by atoms with E-state index in [2.05, 4.69) is 0 Å². The number of aliphatic hydroxyl groups is 1. The maximum Gasteiger partial charge on any atom is 0.287 e. The quantitative estimate of drug-likeness (QED) is 0.560. The molecule has 0 aliphatic heterocycles. The Labute approximate surface area is 99.4 Å². The summed E-state index contributed by atoms with van der Waals surface area (Å²) in [6.45, 7) is -2.62. The maximum atomic E-state index is 13.2. The first-order valence-electron chi connectivity index (χ1n) is 4.78. The van der Waals surface area contributed by atoms with Crippen LogP contribution in [-0.4, -0.2) is 30.1 Å². The summed E-state index contributed by atoms with van der Waals surface area (Å²) in [5, 5.41) is 9.98. The summed E-state index contributed by atoms with van der Waals surface area (Å²) in [7, 11) is 0. The first-order valence-corrected chi connectivity index (χ1v) is 4.78. The molecule has 1 amide bonds. The van der Waals surface area contributed by atoms with Crippen LogP contribution in [-0.2, 0) is 0 Å². The molecule has 0 saturated carbocycles. The number of amides is 1. The second-order valence-corrected chi connectivity index (χ2v) is 3.55. The fourth-order valence-electron chi connectivity index (χ4n) is 1.10. The van der Waals surface area contributed by atoms with E-state index in [1.54, 1.807) is 5.32 Å². The number of carbonyl (C=O) groups excluding carboxylic acids is 1. The lowest BCUT2D eigenvalue weighted by atomic mass is 10.1. The van der Waals surface area contributed by atoms with Crippen LogP contribution in [0, 0.1) is 11.6 Å². The average Bonchev–Trinajstić information content (AvgIpc) is 2.31. The van der Waals surface area contributed by atoms with Crippen molar-refractivity contribution in [3.8, 4) is 0 Å². The minimum absolute atomic E-state index is 0.383. The molecule has 0 aliphatic rings. The topological polar surface area (TPSA) is 75.4 Å². The average molecular weight is 266 g/mol. The molecule has 0 saturated heterocycles. The molecule has 100 valence electrons. The van der Waals surface area contributed by atoms with Gasteiger partial charge in [0.15, 0.2) is 0 Å². The van der Waals surface area contributed by atoms with Gasteiger partial charge in [0.2, 0.25) is 0 Å². The number of alkyl halides is 2. The van der Waals surface area contributed by atoms with E-state index in [1.807, 2.05) is 0 Å². The molecule has 0 unspecified atom stereocenters. The van der Waals surface area contributed by atoms with Gasteiger partial charge in [-0.2, -0.15) is 0 Å². The molecule has 0 fully saturated rings. The first kappa shape index (κ1) is 14.2. The van der Waals surface area contributed by atoms with Crippen molar-refractivity contribution >= 4 is 11.6 Å².